The minimum absolute atomic E-state index is 0.348. The molecule has 0 aliphatic rings. The van der Waals surface area contributed by atoms with Gasteiger partial charge in [0.2, 0.25) is 0 Å². The van der Waals surface area contributed by atoms with Gasteiger partial charge in [-0.05, 0) is 29.8 Å². The van der Waals surface area contributed by atoms with Crippen molar-refractivity contribution in [2.45, 2.75) is 6.54 Å². The van der Waals surface area contributed by atoms with Crippen LogP contribution in [0.5, 0.6) is 0 Å². The van der Waals surface area contributed by atoms with Gasteiger partial charge in [-0.25, -0.2) is 9.18 Å². The Bertz CT molecular complexity index is 722. The van der Waals surface area contributed by atoms with Crippen LogP contribution < -0.4 is 4.90 Å². The van der Waals surface area contributed by atoms with Gasteiger partial charge in [0.05, 0.1) is 16.8 Å². The van der Waals surface area contributed by atoms with Crippen LogP contribution in [0.15, 0.2) is 42.5 Å². The molecule has 0 saturated carbocycles. The standard InChI is InChI=1S/C16H13FN2O2/c1-19(15-5-3-2-4-12(15)9-18)10-11-6-7-13(16(20)21)14(17)8-11/h2-8H,10H2,1H3,(H,20,21). The number of carboxylic acid groups (broad SMARTS) is 1. The molecule has 0 aromatic heterocycles. The van der Waals surface area contributed by atoms with Crippen LogP contribution in [0.3, 0.4) is 0 Å². The normalized spacial score (nSPS) is 9.95. The van der Waals surface area contributed by atoms with E-state index in [4.69, 9.17) is 10.4 Å². The lowest BCUT2D eigenvalue weighted by Crippen LogP contribution is -2.17. The Morgan fingerprint density at radius 2 is 2.05 bits per heavy atom. The van der Waals surface area contributed by atoms with Gasteiger partial charge in [-0.15, -0.1) is 0 Å². The Hall–Kier alpha value is -2.87. The summed E-state index contributed by atoms with van der Waals surface area (Å²) in [6, 6.07) is 13.2. The predicted octanol–water partition coefficient (Wildman–Crippen LogP) is 3.03. The van der Waals surface area contributed by atoms with Gasteiger partial charge in [0.15, 0.2) is 0 Å². The van der Waals surface area contributed by atoms with E-state index in [-0.39, 0.29) is 5.56 Å². The van der Waals surface area contributed by atoms with Crippen molar-refractivity contribution in [1.29, 1.82) is 5.26 Å². The van der Waals surface area contributed by atoms with Crippen LogP contribution in [-0.4, -0.2) is 18.1 Å². The molecule has 0 unspecified atom stereocenters. The predicted molar refractivity (Wildman–Crippen MR) is 76.6 cm³/mol. The monoisotopic (exact) mass is 284 g/mol. The molecule has 2 rings (SSSR count). The molecule has 0 fully saturated rings. The fourth-order valence-electron chi connectivity index (χ4n) is 2.09. The van der Waals surface area contributed by atoms with Crippen LogP contribution in [0, 0.1) is 17.1 Å². The second kappa shape index (κ2) is 6.06. The average molecular weight is 284 g/mol. The average Bonchev–Trinajstić information content (AvgIpc) is 2.46. The van der Waals surface area contributed by atoms with Crippen molar-refractivity contribution in [2.24, 2.45) is 0 Å². The van der Waals surface area contributed by atoms with Crippen molar-refractivity contribution >= 4 is 11.7 Å². The lowest BCUT2D eigenvalue weighted by molar-refractivity contribution is 0.0692. The minimum Gasteiger partial charge on any atom is -0.478 e. The number of hydrogen-bond donors (Lipinski definition) is 1. The van der Waals surface area contributed by atoms with Crippen molar-refractivity contribution in [3.8, 4) is 6.07 Å². The molecule has 106 valence electrons. The molecule has 5 heteroatoms. The highest BCUT2D eigenvalue weighted by atomic mass is 19.1. The number of carbonyl (C=O) groups is 1. The summed E-state index contributed by atoms with van der Waals surface area (Å²) in [4.78, 5) is 12.6. The number of aromatic carboxylic acids is 1. The SMILES string of the molecule is CN(Cc1ccc(C(=O)O)c(F)c1)c1ccccc1C#N. The summed E-state index contributed by atoms with van der Waals surface area (Å²) in [6.07, 6.45) is 0. The molecule has 0 radical (unpaired) electrons. The Morgan fingerprint density at radius 1 is 1.33 bits per heavy atom. The number of hydrogen-bond acceptors (Lipinski definition) is 3. The summed E-state index contributed by atoms with van der Waals surface area (Å²) < 4.78 is 13.6. The van der Waals surface area contributed by atoms with Gasteiger partial charge in [-0.1, -0.05) is 18.2 Å². The Labute approximate surface area is 121 Å². The number of para-hydroxylation sites is 1. The van der Waals surface area contributed by atoms with Gasteiger partial charge in [0.1, 0.15) is 11.9 Å². The first-order valence-electron chi connectivity index (χ1n) is 6.25. The number of benzene rings is 2. The van der Waals surface area contributed by atoms with E-state index in [9.17, 15) is 9.18 Å². The zero-order chi connectivity index (χ0) is 15.4. The molecular weight excluding hydrogens is 271 g/mol. The quantitative estimate of drug-likeness (QED) is 0.937. The largest absolute Gasteiger partial charge is 0.478 e. The smallest absolute Gasteiger partial charge is 0.338 e. The van der Waals surface area contributed by atoms with E-state index in [0.29, 0.717) is 17.7 Å². The zero-order valence-electron chi connectivity index (χ0n) is 11.4. The van der Waals surface area contributed by atoms with E-state index >= 15 is 0 Å². The molecule has 0 atom stereocenters. The second-order valence-electron chi connectivity index (χ2n) is 4.60. The van der Waals surface area contributed by atoms with E-state index in [1.165, 1.54) is 12.1 Å². The van der Waals surface area contributed by atoms with Crippen molar-refractivity contribution in [3.05, 3.63) is 65.0 Å². The summed E-state index contributed by atoms with van der Waals surface area (Å²) in [5, 5.41) is 17.9. The van der Waals surface area contributed by atoms with Crippen LogP contribution in [0.2, 0.25) is 0 Å². The van der Waals surface area contributed by atoms with E-state index in [1.807, 2.05) is 11.0 Å². The first-order valence-corrected chi connectivity index (χ1v) is 6.25. The maximum absolute atomic E-state index is 13.6. The lowest BCUT2D eigenvalue weighted by atomic mass is 10.1. The van der Waals surface area contributed by atoms with Gasteiger partial charge in [0.25, 0.3) is 0 Å². The van der Waals surface area contributed by atoms with E-state index < -0.39 is 11.8 Å². The minimum atomic E-state index is -1.29. The fraction of sp³-hybridized carbons (Fsp3) is 0.125. The van der Waals surface area contributed by atoms with Crippen molar-refractivity contribution in [2.75, 3.05) is 11.9 Å². The molecule has 2 aromatic rings. The number of nitriles is 1. The van der Waals surface area contributed by atoms with Crippen molar-refractivity contribution in [3.63, 3.8) is 0 Å². The summed E-state index contributed by atoms with van der Waals surface area (Å²) >= 11 is 0. The molecule has 21 heavy (non-hydrogen) atoms. The van der Waals surface area contributed by atoms with Crippen LogP contribution in [0.1, 0.15) is 21.5 Å². The first-order chi connectivity index (χ1) is 10.0. The summed E-state index contributed by atoms with van der Waals surface area (Å²) in [5.41, 5.74) is 1.55. The fourth-order valence-corrected chi connectivity index (χ4v) is 2.09. The number of halogens is 1. The number of carboxylic acids is 1. The molecular formula is C16H13FN2O2. The van der Waals surface area contributed by atoms with Crippen LogP contribution in [0.4, 0.5) is 10.1 Å². The Morgan fingerprint density at radius 3 is 2.67 bits per heavy atom. The molecule has 0 spiro atoms. The van der Waals surface area contributed by atoms with Gasteiger partial charge >= 0.3 is 5.97 Å². The third kappa shape index (κ3) is 3.18. The zero-order valence-corrected chi connectivity index (χ0v) is 11.4. The third-order valence-electron chi connectivity index (χ3n) is 3.12. The molecule has 0 saturated heterocycles. The number of nitrogens with zero attached hydrogens (tertiary/aromatic N) is 2. The van der Waals surface area contributed by atoms with E-state index in [2.05, 4.69) is 6.07 Å². The van der Waals surface area contributed by atoms with E-state index in [0.717, 1.165) is 5.69 Å². The number of anilines is 1. The van der Waals surface area contributed by atoms with Crippen LogP contribution in [-0.2, 0) is 6.54 Å². The highest BCUT2D eigenvalue weighted by Crippen LogP contribution is 2.21. The Kier molecular flexibility index (Phi) is 4.19. The topological polar surface area (TPSA) is 64.3 Å². The molecule has 1 N–H and O–H groups in total. The molecule has 4 nitrogen and oxygen atoms in total. The molecule has 0 aliphatic carbocycles. The molecule has 2 aromatic carbocycles. The van der Waals surface area contributed by atoms with E-state index in [1.54, 1.807) is 31.3 Å². The van der Waals surface area contributed by atoms with Gasteiger partial charge in [-0.2, -0.15) is 5.26 Å². The highest BCUT2D eigenvalue weighted by molar-refractivity contribution is 5.87. The van der Waals surface area contributed by atoms with Gasteiger partial charge < -0.3 is 10.0 Å². The summed E-state index contributed by atoms with van der Waals surface area (Å²) in [7, 11) is 1.79. The van der Waals surface area contributed by atoms with Crippen LogP contribution in [0.25, 0.3) is 0 Å². The summed E-state index contributed by atoms with van der Waals surface area (Å²) in [5.74, 6) is -2.05. The molecule has 0 aliphatic heterocycles. The van der Waals surface area contributed by atoms with Gasteiger partial charge in [-0.3, -0.25) is 0 Å². The molecule has 0 heterocycles. The van der Waals surface area contributed by atoms with Gasteiger partial charge in [0, 0.05) is 13.6 Å². The highest BCUT2D eigenvalue weighted by Gasteiger charge is 2.12. The third-order valence-corrected chi connectivity index (χ3v) is 3.12. The first kappa shape index (κ1) is 14.5. The molecule has 0 bridgehead atoms. The molecule has 0 amide bonds. The maximum atomic E-state index is 13.6. The maximum Gasteiger partial charge on any atom is 0.338 e. The second-order valence-corrected chi connectivity index (χ2v) is 4.60. The number of rotatable bonds is 4. The lowest BCUT2D eigenvalue weighted by Gasteiger charge is -2.20. The van der Waals surface area contributed by atoms with Crippen molar-refractivity contribution in [1.82, 2.24) is 0 Å². The Balaban J connectivity index is 2.24. The van der Waals surface area contributed by atoms with Crippen LogP contribution >= 0.6 is 0 Å². The summed E-state index contributed by atoms with van der Waals surface area (Å²) in [6.45, 7) is 0.371. The van der Waals surface area contributed by atoms with Crippen molar-refractivity contribution < 1.29 is 14.3 Å².